The summed E-state index contributed by atoms with van der Waals surface area (Å²) in [5, 5.41) is 12.8. The van der Waals surface area contributed by atoms with Crippen molar-refractivity contribution >= 4 is 0 Å². The van der Waals surface area contributed by atoms with E-state index in [-0.39, 0.29) is 6.61 Å². The maximum absolute atomic E-state index is 9.34. The summed E-state index contributed by atoms with van der Waals surface area (Å²) in [4.78, 5) is 4.30. The lowest BCUT2D eigenvalue weighted by Crippen LogP contribution is -2.16. The predicted molar refractivity (Wildman–Crippen MR) is 76.5 cm³/mol. The van der Waals surface area contributed by atoms with Crippen molar-refractivity contribution in [1.82, 2.24) is 10.3 Å². The second-order valence-electron chi connectivity index (χ2n) is 4.99. The van der Waals surface area contributed by atoms with Crippen LogP contribution in [-0.2, 0) is 13.2 Å². The second-order valence-corrected chi connectivity index (χ2v) is 4.99. The highest BCUT2D eigenvalue weighted by molar-refractivity contribution is 5.37. The first-order valence-electron chi connectivity index (χ1n) is 6.90. The highest BCUT2D eigenvalue weighted by Gasteiger charge is 2.20. The molecule has 0 bridgehead atoms. The van der Waals surface area contributed by atoms with Gasteiger partial charge in [-0.3, -0.25) is 0 Å². The summed E-state index contributed by atoms with van der Waals surface area (Å²) in [5.74, 6) is 1.25. The Bertz CT molecular complexity index is 582. The van der Waals surface area contributed by atoms with Crippen LogP contribution in [-0.4, -0.2) is 16.1 Å². The van der Waals surface area contributed by atoms with E-state index in [1.165, 1.54) is 12.8 Å². The lowest BCUT2D eigenvalue weighted by molar-refractivity contribution is 0.276. The Labute approximate surface area is 118 Å². The van der Waals surface area contributed by atoms with Gasteiger partial charge in [-0.25, -0.2) is 4.98 Å². The number of benzene rings is 1. The van der Waals surface area contributed by atoms with Crippen LogP contribution in [0.5, 0.6) is 11.6 Å². The minimum absolute atomic E-state index is 0.0430. The molecule has 0 amide bonds. The zero-order valence-electron chi connectivity index (χ0n) is 11.2. The van der Waals surface area contributed by atoms with Crippen LogP contribution in [0.2, 0.25) is 0 Å². The maximum atomic E-state index is 9.34. The van der Waals surface area contributed by atoms with Crippen LogP contribution in [0.4, 0.5) is 0 Å². The van der Waals surface area contributed by atoms with Gasteiger partial charge >= 0.3 is 0 Å². The molecule has 4 nitrogen and oxygen atoms in total. The van der Waals surface area contributed by atoms with Gasteiger partial charge in [0, 0.05) is 29.9 Å². The average Bonchev–Trinajstić information content (AvgIpc) is 3.31. The van der Waals surface area contributed by atoms with E-state index in [1.807, 2.05) is 36.4 Å². The molecule has 1 aliphatic carbocycles. The normalized spacial score (nSPS) is 14.2. The van der Waals surface area contributed by atoms with E-state index in [0.29, 0.717) is 17.7 Å². The van der Waals surface area contributed by atoms with Crippen LogP contribution in [0.15, 0.2) is 42.6 Å². The van der Waals surface area contributed by atoms with Gasteiger partial charge in [-0.05, 0) is 25.0 Å². The summed E-state index contributed by atoms with van der Waals surface area (Å²) < 4.78 is 5.87. The molecule has 20 heavy (non-hydrogen) atoms. The standard InChI is InChI=1S/C16H18N2O2/c19-11-13-4-1-2-6-15(13)20-16-12(5-3-9-17-16)10-18-14-7-8-14/h1-6,9,14,18-19H,7-8,10-11H2. The molecule has 0 aliphatic heterocycles. The first kappa shape index (κ1) is 13.1. The first-order valence-corrected chi connectivity index (χ1v) is 6.90. The number of aliphatic hydroxyl groups is 1. The Morgan fingerprint density at radius 3 is 2.75 bits per heavy atom. The zero-order valence-corrected chi connectivity index (χ0v) is 11.2. The number of ether oxygens (including phenoxy) is 1. The minimum atomic E-state index is -0.0430. The summed E-state index contributed by atoms with van der Waals surface area (Å²) in [6.45, 7) is 0.716. The van der Waals surface area contributed by atoms with Gasteiger partial charge in [0.05, 0.1) is 6.61 Å². The number of nitrogens with one attached hydrogen (secondary N) is 1. The van der Waals surface area contributed by atoms with Crippen LogP contribution in [0, 0.1) is 0 Å². The summed E-state index contributed by atoms with van der Waals surface area (Å²) in [6.07, 6.45) is 4.23. The number of aromatic nitrogens is 1. The summed E-state index contributed by atoms with van der Waals surface area (Å²) in [7, 11) is 0. The number of pyridine rings is 1. The fourth-order valence-electron chi connectivity index (χ4n) is 2.03. The molecule has 0 saturated heterocycles. The summed E-state index contributed by atoms with van der Waals surface area (Å²) in [6, 6.07) is 12.0. The number of para-hydroxylation sites is 1. The Balaban J connectivity index is 1.78. The Hall–Kier alpha value is -1.91. The smallest absolute Gasteiger partial charge is 0.223 e. The molecule has 4 heteroatoms. The lowest BCUT2D eigenvalue weighted by atomic mass is 10.2. The molecule has 1 saturated carbocycles. The topological polar surface area (TPSA) is 54.4 Å². The average molecular weight is 270 g/mol. The van der Waals surface area contributed by atoms with Gasteiger partial charge in [-0.2, -0.15) is 0 Å². The molecule has 0 atom stereocenters. The van der Waals surface area contributed by atoms with Gasteiger partial charge in [-0.15, -0.1) is 0 Å². The molecule has 2 aromatic rings. The molecule has 1 aromatic carbocycles. The number of hydrogen-bond acceptors (Lipinski definition) is 4. The number of rotatable bonds is 6. The van der Waals surface area contributed by atoms with Crippen molar-refractivity contribution < 1.29 is 9.84 Å². The van der Waals surface area contributed by atoms with Crippen molar-refractivity contribution in [1.29, 1.82) is 0 Å². The molecular formula is C16H18N2O2. The van der Waals surface area contributed by atoms with Crippen LogP contribution >= 0.6 is 0 Å². The molecule has 1 fully saturated rings. The summed E-state index contributed by atoms with van der Waals surface area (Å²) in [5.41, 5.74) is 1.80. The second kappa shape index (κ2) is 6.03. The van der Waals surface area contributed by atoms with E-state index in [9.17, 15) is 5.11 Å². The van der Waals surface area contributed by atoms with E-state index in [4.69, 9.17) is 4.74 Å². The number of hydrogen-bond donors (Lipinski definition) is 2. The molecule has 0 radical (unpaired) electrons. The Morgan fingerprint density at radius 2 is 1.95 bits per heavy atom. The van der Waals surface area contributed by atoms with E-state index in [2.05, 4.69) is 10.3 Å². The molecule has 1 aromatic heterocycles. The van der Waals surface area contributed by atoms with Crippen molar-refractivity contribution in [3.8, 4) is 11.6 Å². The largest absolute Gasteiger partial charge is 0.438 e. The third-order valence-electron chi connectivity index (χ3n) is 3.36. The van der Waals surface area contributed by atoms with Gasteiger partial charge in [0.2, 0.25) is 5.88 Å². The first-order chi connectivity index (χ1) is 9.86. The SMILES string of the molecule is OCc1ccccc1Oc1ncccc1CNC1CC1. The van der Waals surface area contributed by atoms with E-state index < -0.39 is 0 Å². The molecule has 104 valence electrons. The highest BCUT2D eigenvalue weighted by atomic mass is 16.5. The van der Waals surface area contributed by atoms with Crippen molar-refractivity contribution in [3.05, 3.63) is 53.7 Å². The van der Waals surface area contributed by atoms with Gasteiger partial charge in [0.15, 0.2) is 0 Å². The molecular weight excluding hydrogens is 252 g/mol. The summed E-state index contributed by atoms with van der Waals surface area (Å²) >= 11 is 0. The van der Waals surface area contributed by atoms with Crippen molar-refractivity contribution in [3.63, 3.8) is 0 Å². The molecule has 1 aliphatic rings. The Kier molecular flexibility index (Phi) is 3.95. The minimum Gasteiger partial charge on any atom is -0.438 e. The predicted octanol–water partition coefficient (Wildman–Crippen LogP) is 2.62. The number of nitrogens with zero attached hydrogens (tertiary/aromatic N) is 1. The molecule has 0 unspecified atom stereocenters. The monoisotopic (exact) mass is 270 g/mol. The van der Waals surface area contributed by atoms with Gasteiger partial charge in [0.1, 0.15) is 5.75 Å². The quantitative estimate of drug-likeness (QED) is 0.847. The van der Waals surface area contributed by atoms with Crippen LogP contribution < -0.4 is 10.1 Å². The lowest BCUT2D eigenvalue weighted by Gasteiger charge is -2.12. The van der Waals surface area contributed by atoms with Crippen molar-refractivity contribution in [2.75, 3.05) is 0 Å². The fourth-order valence-corrected chi connectivity index (χ4v) is 2.03. The number of aliphatic hydroxyl groups excluding tert-OH is 1. The fraction of sp³-hybridized carbons (Fsp3) is 0.312. The van der Waals surface area contributed by atoms with E-state index in [0.717, 1.165) is 17.7 Å². The van der Waals surface area contributed by atoms with Crippen LogP contribution in [0.25, 0.3) is 0 Å². The molecule has 2 N–H and O–H groups in total. The third-order valence-corrected chi connectivity index (χ3v) is 3.36. The molecule has 0 spiro atoms. The zero-order chi connectivity index (χ0) is 13.8. The van der Waals surface area contributed by atoms with E-state index in [1.54, 1.807) is 6.20 Å². The van der Waals surface area contributed by atoms with Gasteiger partial charge in [0.25, 0.3) is 0 Å². The molecule has 1 heterocycles. The van der Waals surface area contributed by atoms with Gasteiger partial charge in [-0.1, -0.05) is 24.3 Å². The third kappa shape index (κ3) is 3.15. The molecule has 3 rings (SSSR count). The Morgan fingerprint density at radius 1 is 1.15 bits per heavy atom. The van der Waals surface area contributed by atoms with E-state index >= 15 is 0 Å². The van der Waals surface area contributed by atoms with Crippen LogP contribution in [0.1, 0.15) is 24.0 Å². The maximum Gasteiger partial charge on any atom is 0.223 e. The van der Waals surface area contributed by atoms with Crippen LogP contribution in [0.3, 0.4) is 0 Å². The van der Waals surface area contributed by atoms with Crippen molar-refractivity contribution in [2.45, 2.75) is 32.0 Å². The van der Waals surface area contributed by atoms with Gasteiger partial charge < -0.3 is 15.2 Å². The van der Waals surface area contributed by atoms with Crippen molar-refractivity contribution in [2.24, 2.45) is 0 Å². The highest BCUT2D eigenvalue weighted by Crippen LogP contribution is 2.27.